The van der Waals surface area contributed by atoms with Crippen molar-refractivity contribution in [3.05, 3.63) is 65.0 Å². The van der Waals surface area contributed by atoms with Crippen LogP contribution in [0.2, 0.25) is 0 Å². The Morgan fingerprint density at radius 2 is 2.00 bits per heavy atom. The van der Waals surface area contributed by atoms with E-state index in [1.54, 1.807) is 6.07 Å². The average Bonchev–Trinajstić information content (AvgIpc) is 2.83. The number of aryl methyl sites for hydroxylation is 1. The lowest BCUT2D eigenvalue weighted by Gasteiger charge is -2.26. The normalized spacial score (nSPS) is 20.2. The van der Waals surface area contributed by atoms with Crippen molar-refractivity contribution in [2.24, 2.45) is 0 Å². The summed E-state index contributed by atoms with van der Waals surface area (Å²) in [7, 11) is 0. The maximum atomic E-state index is 13.9. The Kier molecular flexibility index (Phi) is 2.94. The van der Waals surface area contributed by atoms with E-state index in [4.69, 9.17) is 0 Å². The third kappa shape index (κ3) is 1.85. The molecule has 1 unspecified atom stereocenters. The van der Waals surface area contributed by atoms with E-state index in [0.29, 0.717) is 18.4 Å². The van der Waals surface area contributed by atoms with Crippen molar-refractivity contribution in [1.82, 2.24) is 0 Å². The highest BCUT2D eigenvalue weighted by atomic mass is 19.1. The smallest absolute Gasteiger partial charge is 0.151 e. The summed E-state index contributed by atoms with van der Waals surface area (Å²) in [6.45, 7) is 1.99. The van der Waals surface area contributed by atoms with Gasteiger partial charge in [0.25, 0.3) is 0 Å². The molecule has 20 heavy (non-hydrogen) atoms. The largest absolute Gasteiger partial charge is 0.363 e. The van der Waals surface area contributed by atoms with Gasteiger partial charge in [-0.3, -0.25) is 0 Å². The maximum Gasteiger partial charge on any atom is 0.151 e. The molecule has 0 amide bonds. The molecule has 3 heteroatoms. The average molecular weight is 266 g/mol. The van der Waals surface area contributed by atoms with Crippen molar-refractivity contribution >= 4 is 5.69 Å². The Morgan fingerprint density at radius 3 is 2.75 bits per heavy atom. The zero-order valence-corrected chi connectivity index (χ0v) is 11.3. The molecule has 0 bridgehead atoms. The number of nitrogens with zero attached hydrogens (tertiary/aromatic N) is 1. The number of hydrogen-bond donors (Lipinski definition) is 1. The highest BCUT2D eigenvalue weighted by Gasteiger charge is 2.40. The van der Waals surface area contributed by atoms with Gasteiger partial charge >= 0.3 is 0 Å². The number of rotatable bonds is 2. The number of benzene rings is 2. The van der Waals surface area contributed by atoms with Gasteiger partial charge in [-0.15, -0.1) is 0 Å². The van der Waals surface area contributed by atoms with E-state index in [1.165, 1.54) is 6.07 Å². The molecule has 0 aliphatic heterocycles. The van der Waals surface area contributed by atoms with E-state index >= 15 is 0 Å². The van der Waals surface area contributed by atoms with Crippen LogP contribution in [0.3, 0.4) is 0 Å². The SMILES string of the molecule is Cc1ccccc1NC1(C#N)CCc2c(F)cccc21. The summed E-state index contributed by atoms with van der Waals surface area (Å²) >= 11 is 0. The first-order chi connectivity index (χ1) is 9.66. The van der Waals surface area contributed by atoms with E-state index in [2.05, 4.69) is 11.4 Å². The number of anilines is 1. The third-order valence-corrected chi connectivity index (χ3v) is 4.01. The van der Waals surface area contributed by atoms with E-state index in [9.17, 15) is 9.65 Å². The molecule has 0 heterocycles. The van der Waals surface area contributed by atoms with Gasteiger partial charge in [-0.05, 0) is 48.6 Å². The van der Waals surface area contributed by atoms with Gasteiger partial charge in [0, 0.05) is 5.69 Å². The summed E-state index contributed by atoms with van der Waals surface area (Å²) < 4.78 is 13.9. The summed E-state index contributed by atoms with van der Waals surface area (Å²) in [5.74, 6) is -0.216. The molecule has 0 fully saturated rings. The summed E-state index contributed by atoms with van der Waals surface area (Å²) in [6.07, 6.45) is 1.18. The molecule has 2 aromatic rings. The van der Waals surface area contributed by atoms with Crippen LogP contribution in [0, 0.1) is 24.1 Å². The highest BCUT2D eigenvalue weighted by molar-refractivity contribution is 5.58. The lowest BCUT2D eigenvalue weighted by atomic mass is 9.92. The van der Waals surface area contributed by atoms with Crippen LogP contribution in [-0.2, 0) is 12.0 Å². The Hall–Kier alpha value is -2.34. The van der Waals surface area contributed by atoms with Crippen molar-refractivity contribution < 1.29 is 4.39 Å². The number of fused-ring (bicyclic) bond motifs is 1. The molecule has 1 N–H and O–H groups in total. The molecule has 100 valence electrons. The zero-order valence-electron chi connectivity index (χ0n) is 11.3. The summed E-state index contributed by atoms with van der Waals surface area (Å²) in [5, 5.41) is 13.0. The second kappa shape index (κ2) is 4.64. The van der Waals surface area contributed by atoms with E-state index in [0.717, 1.165) is 16.8 Å². The fourth-order valence-electron chi connectivity index (χ4n) is 2.88. The van der Waals surface area contributed by atoms with Crippen LogP contribution in [-0.4, -0.2) is 0 Å². The highest BCUT2D eigenvalue weighted by Crippen LogP contribution is 2.40. The van der Waals surface area contributed by atoms with Gasteiger partial charge in [-0.1, -0.05) is 30.3 Å². The first-order valence-electron chi connectivity index (χ1n) is 6.69. The Morgan fingerprint density at radius 1 is 1.20 bits per heavy atom. The van der Waals surface area contributed by atoms with E-state index < -0.39 is 5.54 Å². The van der Waals surface area contributed by atoms with Crippen LogP contribution in [0.4, 0.5) is 10.1 Å². The lowest BCUT2D eigenvalue weighted by molar-refractivity contribution is 0.609. The summed E-state index contributed by atoms with van der Waals surface area (Å²) in [6, 6.07) is 15.2. The van der Waals surface area contributed by atoms with Crippen molar-refractivity contribution in [2.75, 3.05) is 5.32 Å². The predicted molar refractivity (Wildman–Crippen MR) is 76.8 cm³/mol. The topological polar surface area (TPSA) is 35.8 Å². The van der Waals surface area contributed by atoms with Crippen molar-refractivity contribution in [2.45, 2.75) is 25.3 Å². The lowest BCUT2D eigenvalue weighted by Crippen LogP contribution is -2.31. The third-order valence-electron chi connectivity index (χ3n) is 4.01. The van der Waals surface area contributed by atoms with Gasteiger partial charge in [0.2, 0.25) is 0 Å². The molecular formula is C17H15FN2. The second-order valence-electron chi connectivity index (χ2n) is 5.22. The Balaban J connectivity index is 2.07. The molecule has 1 atom stereocenters. The fourth-order valence-corrected chi connectivity index (χ4v) is 2.88. The first-order valence-corrected chi connectivity index (χ1v) is 6.69. The Bertz CT molecular complexity index is 702. The first kappa shape index (κ1) is 12.7. The molecule has 3 rings (SSSR count). The molecule has 1 aliphatic carbocycles. The van der Waals surface area contributed by atoms with Gasteiger partial charge in [-0.25, -0.2) is 4.39 Å². The zero-order chi connectivity index (χ0) is 14.2. The summed E-state index contributed by atoms with van der Waals surface area (Å²) in [5.41, 5.74) is 2.60. The van der Waals surface area contributed by atoms with Crippen molar-refractivity contribution in [3.8, 4) is 6.07 Å². The number of nitriles is 1. The fraction of sp³-hybridized carbons (Fsp3) is 0.235. The number of halogens is 1. The Labute approximate surface area is 117 Å². The molecule has 2 aromatic carbocycles. The minimum Gasteiger partial charge on any atom is -0.363 e. The summed E-state index contributed by atoms with van der Waals surface area (Å²) in [4.78, 5) is 0. The van der Waals surface area contributed by atoms with Crippen LogP contribution in [0.5, 0.6) is 0 Å². The molecule has 0 saturated heterocycles. The molecule has 2 nitrogen and oxygen atoms in total. The van der Waals surface area contributed by atoms with Crippen molar-refractivity contribution in [3.63, 3.8) is 0 Å². The van der Waals surface area contributed by atoms with Crippen LogP contribution in [0.15, 0.2) is 42.5 Å². The van der Waals surface area contributed by atoms with Gasteiger partial charge < -0.3 is 5.32 Å². The molecule has 0 saturated carbocycles. The number of nitrogens with one attached hydrogen (secondary N) is 1. The second-order valence-corrected chi connectivity index (χ2v) is 5.22. The number of hydrogen-bond acceptors (Lipinski definition) is 2. The molecule has 1 aliphatic rings. The molecular weight excluding hydrogens is 251 g/mol. The van der Waals surface area contributed by atoms with Crippen LogP contribution in [0.1, 0.15) is 23.1 Å². The van der Waals surface area contributed by atoms with Gasteiger partial charge in [0.1, 0.15) is 5.82 Å². The minimum absolute atomic E-state index is 0.216. The van der Waals surface area contributed by atoms with Crippen LogP contribution < -0.4 is 5.32 Å². The van der Waals surface area contributed by atoms with Crippen LogP contribution >= 0.6 is 0 Å². The van der Waals surface area contributed by atoms with Crippen molar-refractivity contribution in [1.29, 1.82) is 5.26 Å². The quantitative estimate of drug-likeness (QED) is 0.894. The van der Waals surface area contributed by atoms with Crippen LogP contribution in [0.25, 0.3) is 0 Å². The minimum atomic E-state index is -0.830. The molecule has 0 aromatic heterocycles. The maximum absolute atomic E-state index is 13.9. The monoisotopic (exact) mass is 266 g/mol. The number of para-hydroxylation sites is 1. The standard InChI is InChI=1S/C17H15FN2/c1-12-5-2-3-8-16(12)20-17(11-19)10-9-13-14(17)6-4-7-15(13)18/h2-8,20H,9-10H2,1H3. The van der Waals surface area contributed by atoms with E-state index in [-0.39, 0.29) is 5.82 Å². The molecule has 0 radical (unpaired) electrons. The molecule has 0 spiro atoms. The van der Waals surface area contributed by atoms with Gasteiger partial charge in [0.05, 0.1) is 6.07 Å². The predicted octanol–water partition coefficient (Wildman–Crippen LogP) is 3.91. The van der Waals surface area contributed by atoms with Gasteiger partial charge in [0.15, 0.2) is 5.54 Å². The van der Waals surface area contributed by atoms with E-state index in [1.807, 2.05) is 37.3 Å². The van der Waals surface area contributed by atoms with Gasteiger partial charge in [-0.2, -0.15) is 5.26 Å².